The molecular formula is C21H34N4O3. The second-order valence-electron chi connectivity index (χ2n) is 7.18. The quantitative estimate of drug-likeness (QED) is 0.600. The minimum absolute atomic E-state index is 0.0116. The maximum Gasteiger partial charge on any atom is 0.317 e. The van der Waals surface area contributed by atoms with Crippen molar-refractivity contribution < 1.29 is 14.7 Å². The van der Waals surface area contributed by atoms with E-state index in [0.717, 1.165) is 38.9 Å². The maximum absolute atomic E-state index is 12.4. The van der Waals surface area contributed by atoms with Crippen molar-refractivity contribution in [3.05, 3.63) is 30.3 Å². The molecule has 1 aliphatic heterocycles. The highest BCUT2D eigenvalue weighted by atomic mass is 16.4. The van der Waals surface area contributed by atoms with Crippen molar-refractivity contribution in [2.75, 3.05) is 50.7 Å². The average Bonchev–Trinajstić information content (AvgIpc) is 2.72. The van der Waals surface area contributed by atoms with Gasteiger partial charge in [0, 0.05) is 44.5 Å². The van der Waals surface area contributed by atoms with Gasteiger partial charge in [0.05, 0.1) is 6.54 Å². The number of likely N-dealkylation sites (N-methyl/N-ethyl adjacent to an activating group) is 1. The molecule has 2 rings (SSSR count). The number of hydrogen-bond acceptors (Lipinski definition) is 4. The van der Waals surface area contributed by atoms with E-state index in [2.05, 4.69) is 29.3 Å². The normalized spacial score (nSPS) is 14.9. The van der Waals surface area contributed by atoms with Gasteiger partial charge < -0.3 is 20.2 Å². The van der Waals surface area contributed by atoms with Crippen LogP contribution in [0.4, 0.5) is 10.5 Å². The van der Waals surface area contributed by atoms with Crippen LogP contribution in [0.2, 0.25) is 0 Å². The smallest absolute Gasteiger partial charge is 0.317 e. The molecule has 28 heavy (non-hydrogen) atoms. The summed E-state index contributed by atoms with van der Waals surface area (Å²) in [4.78, 5) is 29.5. The number of nitrogens with zero attached hydrogens (tertiary/aromatic N) is 3. The summed E-state index contributed by atoms with van der Waals surface area (Å²) in [5, 5.41) is 12.0. The molecule has 7 nitrogen and oxygen atoms in total. The highest BCUT2D eigenvalue weighted by molar-refractivity contribution is 5.74. The second-order valence-corrected chi connectivity index (χ2v) is 7.18. The van der Waals surface area contributed by atoms with E-state index in [0.29, 0.717) is 19.6 Å². The molecule has 7 heteroatoms. The summed E-state index contributed by atoms with van der Waals surface area (Å²) >= 11 is 0. The molecule has 1 aromatic rings. The molecule has 0 atom stereocenters. The summed E-state index contributed by atoms with van der Waals surface area (Å²) in [7, 11) is 0. The number of benzene rings is 1. The van der Waals surface area contributed by atoms with Crippen LogP contribution in [0.5, 0.6) is 0 Å². The largest absolute Gasteiger partial charge is 0.480 e. The highest BCUT2D eigenvalue weighted by Crippen LogP contribution is 2.16. The number of carboxylic acid groups (broad SMARTS) is 1. The zero-order valence-corrected chi connectivity index (χ0v) is 17.1. The number of amides is 2. The predicted molar refractivity (Wildman–Crippen MR) is 112 cm³/mol. The van der Waals surface area contributed by atoms with Crippen LogP contribution in [-0.2, 0) is 4.79 Å². The lowest BCUT2D eigenvalue weighted by Crippen LogP contribution is -2.50. The summed E-state index contributed by atoms with van der Waals surface area (Å²) in [6.07, 6.45) is 2.55. The van der Waals surface area contributed by atoms with E-state index in [-0.39, 0.29) is 18.6 Å². The average molecular weight is 391 g/mol. The van der Waals surface area contributed by atoms with Gasteiger partial charge in [0.1, 0.15) is 0 Å². The number of carbonyl (C=O) groups is 2. The van der Waals surface area contributed by atoms with Gasteiger partial charge in [0.25, 0.3) is 0 Å². The maximum atomic E-state index is 12.4. The number of hydrogen-bond donors (Lipinski definition) is 2. The van der Waals surface area contributed by atoms with Crippen LogP contribution < -0.4 is 10.2 Å². The van der Waals surface area contributed by atoms with Crippen molar-refractivity contribution in [2.24, 2.45) is 0 Å². The highest BCUT2D eigenvalue weighted by Gasteiger charge is 2.27. The van der Waals surface area contributed by atoms with Crippen molar-refractivity contribution >= 4 is 17.7 Å². The van der Waals surface area contributed by atoms with Crippen molar-refractivity contribution in [2.45, 2.75) is 39.2 Å². The van der Waals surface area contributed by atoms with E-state index in [1.54, 1.807) is 0 Å². The van der Waals surface area contributed by atoms with E-state index in [1.807, 2.05) is 34.9 Å². The molecule has 156 valence electrons. The summed E-state index contributed by atoms with van der Waals surface area (Å²) in [5.74, 6) is -0.793. The van der Waals surface area contributed by atoms with Crippen LogP contribution in [0, 0.1) is 0 Å². The summed E-state index contributed by atoms with van der Waals surface area (Å²) < 4.78 is 0. The lowest BCUT2D eigenvalue weighted by molar-refractivity contribution is -0.139. The fourth-order valence-electron chi connectivity index (χ4n) is 3.79. The third-order valence-corrected chi connectivity index (χ3v) is 5.40. The van der Waals surface area contributed by atoms with Gasteiger partial charge in [0.15, 0.2) is 0 Å². The number of rotatable bonds is 10. The molecule has 2 N–H and O–H groups in total. The van der Waals surface area contributed by atoms with E-state index in [9.17, 15) is 9.59 Å². The number of anilines is 1. The van der Waals surface area contributed by atoms with Gasteiger partial charge >= 0.3 is 12.0 Å². The fraction of sp³-hybridized carbons (Fsp3) is 0.619. The lowest BCUT2D eigenvalue weighted by Gasteiger charge is -2.37. The monoisotopic (exact) mass is 390 g/mol. The standard InChI is InChI=1S/C21H34N4O3/c1-3-23(18-9-6-5-7-10-18)14-8-13-22-21(28)25-15-11-19(12-16-25)24(4-2)17-20(26)27/h5-7,9-10,19H,3-4,8,11-17H2,1-2H3,(H,22,28)(H,26,27). The number of likely N-dealkylation sites (tertiary alicyclic amines) is 1. The number of carbonyl (C=O) groups excluding carboxylic acids is 1. The van der Waals surface area contributed by atoms with Gasteiger partial charge in [-0.05, 0) is 44.9 Å². The first-order valence-corrected chi connectivity index (χ1v) is 10.3. The van der Waals surface area contributed by atoms with Crippen molar-refractivity contribution in [3.8, 4) is 0 Å². The van der Waals surface area contributed by atoms with Crippen LogP contribution in [0.1, 0.15) is 33.1 Å². The lowest BCUT2D eigenvalue weighted by atomic mass is 10.0. The molecular weight excluding hydrogens is 356 g/mol. The molecule has 1 heterocycles. The molecule has 2 amide bonds. The van der Waals surface area contributed by atoms with Crippen LogP contribution in [0.15, 0.2) is 30.3 Å². The van der Waals surface area contributed by atoms with Crippen LogP contribution in [0.3, 0.4) is 0 Å². The molecule has 1 saturated heterocycles. The van der Waals surface area contributed by atoms with Gasteiger partial charge in [-0.2, -0.15) is 0 Å². The van der Waals surface area contributed by atoms with Gasteiger partial charge in [-0.15, -0.1) is 0 Å². The SMILES string of the molecule is CCN(CCCNC(=O)N1CCC(N(CC)CC(=O)O)CC1)c1ccccc1. The summed E-state index contributed by atoms with van der Waals surface area (Å²) in [6, 6.07) is 10.5. The molecule has 0 spiro atoms. The number of aliphatic carboxylic acids is 1. The number of carboxylic acids is 1. The third kappa shape index (κ3) is 6.71. The number of piperidine rings is 1. The van der Waals surface area contributed by atoms with Crippen molar-refractivity contribution in [1.29, 1.82) is 0 Å². The Morgan fingerprint density at radius 2 is 1.82 bits per heavy atom. The topological polar surface area (TPSA) is 76.1 Å². The molecule has 1 fully saturated rings. The molecule has 0 radical (unpaired) electrons. The van der Waals surface area contributed by atoms with Crippen LogP contribution in [0.25, 0.3) is 0 Å². The van der Waals surface area contributed by atoms with Gasteiger partial charge in [-0.25, -0.2) is 4.79 Å². The van der Waals surface area contributed by atoms with Crippen molar-refractivity contribution in [1.82, 2.24) is 15.1 Å². The summed E-state index contributed by atoms with van der Waals surface area (Å²) in [6.45, 7) is 8.77. The first kappa shape index (κ1) is 22.0. The second kappa shape index (κ2) is 11.5. The number of urea groups is 1. The summed E-state index contributed by atoms with van der Waals surface area (Å²) in [5.41, 5.74) is 1.21. The van der Waals surface area contributed by atoms with Crippen molar-refractivity contribution in [3.63, 3.8) is 0 Å². The minimum atomic E-state index is -0.793. The molecule has 1 aliphatic rings. The zero-order chi connectivity index (χ0) is 20.4. The Bertz CT molecular complexity index is 603. The Morgan fingerprint density at radius 1 is 1.14 bits per heavy atom. The molecule has 1 aromatic carbocycles. The zero-order valence-electron chi connectivity index (χ0n) is 17.1. The molecule has 0 bridgehead atoms. The first-order valence-electron chi connectivity index (χ1n) is 10.3. The van der Waals surface area contributed by atoms with E-state index in [1.165, 1.54) is 5.69 Å². The van der Waals surface area contributed by atoms with Gasteiger partial charge in [0.2, 0.25) is 0 Å². The Morgan fingerprint density at radius 3 is 2.39 bits per heavy atom. The fourth-order valence-corrected chi connectivity index (χ4v) is 3.79. The van der Waals surface area contributed by atoms with Gasteiger partial charge in [-0.1, -0.05) is 25.1 Å². The number of nitrogens with one attached hydrogen (secondary N) is 1. The van der Waals surface area contributed by atoms with Crippen LogP contribution >= 0.6 is 0 Å². The Hall–Kier alpha value is -2.28. The third-order valence-electron chi connectivity index (χ3n) is 5.40. The molecule has 0 aliphatic carbocycles. The molecule has 0 unspecified atom stereocenters. The van der Waals surface area contributed by atoms with E-state index < -0.39 is 5.97 Å². The van der Waals surface area contributed by atoms with E-state index in [4.69, 9.17) is 5.11 Å². The number of para-hydroxylation sites is 1. The molecule has 0 aromatic heterocycles. The minimum Gasteiger partial charge on any atom is -0.480 e. The van der Waals surface area contributed by atoms with Crippen LogP contribution in [-0.4, -0.2) is 78.8 Å². The van der Waals surface area contributed by atoms with Gasteiger partial charge in [-0.3, -0.25) is 9.69 Å². The Labute approximate surface area is 168 Å². The Balaban J connectivity index is 1.68. The van der Waals surface area contributed by atoms with E-state index >= 15 is 0 Å². The predicted octanol–water partition coefficient (Wildman–Crippen LogP) is 2.48. The molecule has 0 saturated carbocycles. The first-order chi connectivity index (χ1) is 13.5. The Kier molecular flexibility index (Phi) is 9.07.